The molecule has 0 saturated carbocycles. The van der Waals surface area contributed by atoms with Crippen molar-refractivity contribution in [1.29, 1.82) is 0 Å². The molecule has 0 spiro atoms. The van der Waals surface area contributed by atoms with Gasteiger partial charge in [0, 0.05) is 39.8 Å². The van der Waals surface area contributed by atoms with Crippen LogP contribution in [-0.2, 0) is 0 Å². The van der Waals surface area contributed by atoms with Crippen LogP contribution in [0.15, 0.2) is 9.98 Å². The Bertz CT molecular complexity index is 931. The van der Waals surface area contributed by atoms with Crippen LogP contribution in [0.5, 0.6) is 0 Å². The number of rotatable bonds is 7. The van der Waals surface area contributed by atoms with Crippen molar-refractivity contribution in [1.82, 2.24) is 31.7 Å². The molecule has 3 heterocycles. The molecule has 8 nitrogen and oxygen atoms in total. The van der Waals surface area contributed by atoms with E-state index in [4.69, 9.17) is 28.2 Å². The molecule has 1 unspecified atom stereocenters. The Labute approximate surface area is 248 Å². The number of aliphatic imine (C=N–C) groups is 2. The van der Waals surface area contributed by atoms with Gasteiger partial charge in [-0.25, -0.2) is 10.4 Å². The first kappa shape index (κ1) is 33.0. The SMILES string of the molecule is CC(C)(C)CC(C)(C)NC1(NC2CC(C)(C)NC(C)(C)C2)N=C(Cl)N=C(Cl)N1NC1CC(C)(C)NC(C)(C)C1. The standard InChI is InChI=1S/C29H56Cl2N8/c1-23(2,3)18-28(12,13)38-29(33-19-14-24(4,5)36-25(6,7)15-19)34-21(30)32-22(31)39(29)35-20-16-26(8,9)37-27(10,11)17-20/h19-20,33,35-38H,14-18H2,1-13H3. The summed E-state index contributed by atoms with van der Waals surface area (Å²) < 4.78 is 0. The maximum absolute atomic E-state index is 6.96. The van der Waals surface area contributed by atoms with Crippen molar-refractivity contribution in [2.24, 2.45) is 15.4 Å². The van der Waals surface area contributed by atoms with Gasteiger partial charge >= 0.3 is 0 Å². The Balaban J connectivity index is 2.06. The molecule has 39 heavy (non-hydrogen) atoms. The molecule has 0 aromatic rings. The zero-order valence-corrected chi connectivity index (χ0v) is 28.3. The average molecular weight is 588 g/mol. The first-order chi connectivity index (χ1) is 17.3. The number of nitrogens with zero attached hydrogens (tertiary/aromatic N) is 3. The molecule has 10 heteroatoms. The molecule has 0 aromatic carbocycles. The summed E-state index contributed by atoms with van der Waals surface area (Å²) in [5.74, 6) is -1.14. The molecule has 0 aromatic heterocycles. The Morgan fingerprint density at radius 2 is 1.23 bits per heavy atom. The average Bonchev–Trinajstić information content (AvgIpc) is 2.56. The Kier molecular flexibility index (Phi) is 9.03. The Hall–Kier alpha value is -0.480. The van der Waals surface area contributed by atoms with Gasteiger partial charge in [0.05, 0.1) is 0 Å². The summed E-state index contributed by atoms with van der Waals surface area (Å²) in [6, 6.07) is 0.275. The third-order valence-electron chi connectivity index (χ3n) is 7.53. The third kappa shape index (κ3) is 9.25. The lowest BCUT2D eigenvalue weighted by Gasteiger charge is -2.54. The van der Waals surface area contributed by atoms with Gasteiger partial charge in [-0.05, 0) is 130 Å². The monoisotopic (exact) mass is 586 g/mol. The van der Waals surface area contributed by atoms with Gasteiger partial charge in [-0.3, -0.25) is 10.6 Å². The van der Waals surface area contributed by atoms with Gasteiger partial charge < -0.3 is 10.6 Å². The van der Waals surface area contributed by atoms with Crippen molar-refractivity contribution >= 4 is 33.8 Å². The van der Waals surface area contributed by atoms with Gasteiger partial charge in [0.15, 0.2) is 0 Å². The molecule has 1 atom stereocenters. The van der Waals surface area contributed by atoms with Crippen LogP contribution in [-0.4, -0.2) is 61.3 Å². The molecule has 3 aliphatic rings. The minimum atomic E-state index is -1.14. The maximum Gasteiger partial charge on any atom is 0.266 e. The highest BCUT2D eigenvalue weighted by Crippen LogP contribution is 2.35. The van der Waals surface area contributed by atoms with E-state index in [0.29, 0.717) is 0 Å². The lowest BCUT2D eigenvalue weighted by molar-refractivity contribution is -0.0267. The van der Waals surface area contributed by atoms with Crippen LogP contribution in [0.25, 0.3) is 0 Å². The van der Waals surface area contributed by atoms with E-state index in [2.05, 4.69) is 122 Å². The predicted molar refractivity (Wildman–Crippen MR) is 167 cm³/mol. The summed E-state index contributed by atoms with van der Waals surface area (Å²) in [7, 11) is 0. The second-order valence-electron chi connectivity index (χ2n) is 16.8. The largest absolute Gasteiger partial charge is 0.307 e. The molecular weight excluding hydrogens is 531 g/mol. The van der Waals surface area contributed by atoms with Crippen LogP contribution in [0.2, 0.25) is 0 Å². The van der Waals surface area contributed by atoms with Crippen molar-refractivity contribution in [2.45, 2.75) is 168 Å². The van der Waals surface area contributed by atoms with Gasteiger partial charge in [-0.2, -0.15) is 9.98 Å². The zero-order valence-electron chi connectivity index (χ0n) is 26.8. The van der Waals surface area contributed by atoms with Gasteiger partial charge in [0.2, 0.25) is 10.6 Å². The molecular formula is C29H56Cl2N8. The number of piperidine rings is 2. The van der Waals surface area contributed by atoms with Crippen LogP contribution < -0.4 is 26.7 Å². The smallest absolute Gasteiger partial charge is 0.266 e. The lowest BCUT2D eigenvalue weighted by atomic mass is 9.79. The molecule has 2 fully saturated rings. The van der Waals surface area contributed by atoms with Crippen LogP contribution in [0.1, 0.15) is 122 Å². The second-order valence-corrected chi connectivity index (χ2v) is 17.5. The van der Waals surface area contributed by atoms with Gasteiger partial charge in [-0.1, -0.05) is 20.8 Å². The van der Waals surface area contributed by atoms with Crippen molar-refractivity contribution in [3.63, 3.8) is 0 Å². The summed E-state index contributed by atoms with van der Waals surface area (Å²) in [4.78, 5) is 9.41. The number of halogens is 2. The highest BCUT2D eigenvalue weighted by atomic mass is 35.5. The van der Waals surface area contributed by atoms with E-state index < -0.39 is 5.91 Å². The molecule has 3 aliphatic heterocycles. The van der Waals surface area contributed by atoms with Crippen molar-refractivity contribution in [3.8, 4) is 0 Å². The number of nitrogens with one attached hydrogen (secondary N) is 5. The maximum atomic E-state index is 6.96. The number of hydrogen-bond acceptors (Lipinski definition) is 8. The van der Waals surface area contributed by atoms with Crippen molar-refractivity contribution in [3.05, 3.63) is 0 Å². The fourth-order valence-electron chi connectivity index (χ4n) is 7.98. The van der Waals surface area contributed by atoms with Crippen LogP contribution in [0.4, 0.5) is 0 Å². The van der Waals surface area contributed by atoms with E-state index in [1.54, 1.807) is 0 Å². The molecule has 0 aliphatic carbocycles. The fraction of sp³-hybridized carbons (Fsp3) is 0.931. The van der Waals surface area contributed by atoms with E-state index in [9.17, 15) is 0 Å². The third-order valence-corrected chi connectivity index (χ3v) is 7.95. The first-order valence-electron chi connectivity index (χ1n) is 14.5. The Morgan fingerprint density at radius 1 is 0.795 bits per heavy atom. The molecule has 226 valence electrons. The highest BCUT2D eigenvalue weighted by Gasteiger charge is 2.51. The fourth-order valence-corrected chi connectivity index (χ4v) is 8.48. The van der Waals surface area contributed by atoms with E-state index >= 15 is 0 Å². The van der Waals surface area contributed by atoms with E-state index in [1.165, 1.54) is 0 Å². The second kappa shape index (κ2) is 10.7. The zero-order chi connectivity index (χ0) is 29.9. The van der Waals surface area contributed by atoms with Crippen molar-refractivity contribution in [2.75, 3.05) is 0 Å². The predicted octanol–water partition coefficient (Wildman–Crippen LogP) is 5.62. The Morgan fingerprint density at radius 3 is 1.67 bits per heavy atom. The summed E-state index contributed by atoms with van der Waals surface area (Å²) in [5, 5.41) is 17.7. The molecule has 0 amide bonds. The highest BCUT2D eigenvalue weighted by molar-refractivity contribution is 6.71. The molecule has 2 saturated heterocycles. The first-order valence-corrected chi connectivity index (χ1v) is 15.3. The summed E-state index contributed by atoms with van der Waals surface area (Å²) in [6.45, 7) is 29.2. The van der Waals surface area contributed by atoms with Crippen LogP contribution >= 0.6 is 23.2 Å². The van der Waals surface area contributed by atoms with Gasteiger partial charge in [0.1, 0.15) is 0 Å². The quantitative estimate of drug-likeness (QED) is 0.196. The minimum absolute atomic E-state index is 0.0438. The summed E-state index contributed by atoms with van der Waals surface area (Å²) >= 11 is 13.6. The molecule has 0 radical (unpaired) electrons. The number of amidine groups is 2. The van der Waals surface area contributed by atoms with Crippen molar-refractivity contribution < 1.29 is 0 Å². The summed E-state index contributed by atoms with van der Waals surface area (Å²) in [5.41, 5.74) is 3.36. The van der Waals surface area contributed by atoms with Gasteiger partial charge in [0.25, 0.3) is 5.91 Å². The summed E-state index contributed by atoms with van der Waals surface area (Å²) in [6.07, 6.45) is 4.59. The molecule has 3 rings (SSSR count). The minimum Gasteiger partial charge on any atom is -0.307 e. The number of hydrogen-bond donors (Lipinski definition) is 5. The topological polar surface area (TPSA) is 88.1 Å². The van der Waals surface area contributed by atoms with Crippen LogP contribution in [0, 0.1) is 5.41 Å². The van der Waals surface area contributed by atoms with E-state index in [1.807, 2.05) is 5.01 Å². The lowest BCUT2D eigenvalue weighted by Crippen LogP contribution is -2.79. The van der Waals surface area contributed by atoms with Gasteiger partial charge in [-0.15, -0.1) is 0 Å². The van der Waals surface area contributed by atoms with E-state index in [0.717, 1.165) is 32.1 Å². The normalized spacial score (nSPS) is 29.7. The number of hydrazine groups is 1. The molecule has 5 N–H and O–H groups in total. The van der Waals surface area contributed by atoms with E-state index in [-0.39, 0.29) is 55.8 Å². The van der Waals surface area contributed by atoms with Crippen LogP contribution in [0.3, 0.4) is 0 Å². The molecule has 0 bridgehead atoms.